The average Bonchev–Trinajstić information content (AvgIpc) is 2.82. The highest BCUT2D eigenvalue weighted by Crippen LogP contribution is 2.44. The maximum absolute atomic E-state index is 13.5. The first-order valence-corrected chi connectivity index (χ1v) is 11.9. The highest BCUT2D eigenvalue weighted by atomic mass is 19.4. The Labute approximate surface area is 219 Å². The van der Waals surface area contributed by atoms with E-state index in [-0.39, 0.29) is 22.8 Å². The number of nitrogens with zero attached hydrogens (tertiary/aromatic N) is 2. The number of esters is 2. The Hall–Kier alpha value is -4.13. The fourth-order valence-electron chi connectivity index (χ4n) is 4.37. The second-order valence-corrected chi connectivity index (χ2v) is 9.40. The molecule has 0 amide bonds. The molecule has 2 atom stereocenters. The van der Waals surface area contributed by atoms with Crippen LogP contribution in [0.2, 0.25) is 0 Å². The van der Waals surface area contributed by atoms with Crippen molar-refractivity contribution in [3.8, 4) is 6.07 Å². The van der Waals surface area contributed by atoms with Gasteiger partial charge in [0, 0.05) is 17.3 Å². The molecule has 1 aliphatic heterocycles. The number of carbonyl (C=O) groups is 2. The number of hydrogen-bond acceptors (Lipinski definition) is 6. The van der Waals surface area contributed by atoms with Crippen molar-refractivity contribution in [2.24, 2.45) is 5.92 Å². The normalized spacial score (nSPS) is 18.0. The molecule has 1 heterocycles. The van der Waals surface area contributed by atoms with Gasteiger partial charge in [-0.25, -0.2) is 4.79 Å². The standard InChI is InChI=1S/C28H28F3N3O4/c1-15(2)37-26(35)22-17(5)34(21-8-6-7-20(13-21)28(29,30)31)25(33)24(27(36)38-16(3)4)23(22)19-11-9-18(14-32)10-12-19/h6-13,15-16,23-24,33H,1-5H3. The minimum Gasteiger partial charge on any atom is -0.462 e. The summed E-state index contributed by atoms with van der Waals surface area (Å²) < 4.78 is 51.5. The molecule has 0 aliphatic carbocycles. The monoisotopic (exact) mass is 527 g/mol. The molecular weight excluding hydrogens is 499 g/mol. The molecule has 0 bridgehead atoms. The maximum atomic E-state index is 13.5. The van der Waals surface area contributed by atoms with E-state index < -0.39 is 47.7 Å². The molecule has 3 rings (SSSR count). The lowest BCUT2D eigenvalue weighted by Gasteiger charge is -2.41. The Morgan fingerprint density at radius 2 is 1.63 bits per heavy atom. The van der Waals surface area contributed by atoms with Crippen LogP contribution in [0.1, 0.15) is 57.2 Å². The van der Waals surface area contributed by atoms with Gasteiger partial charge in [-0.3, -0.25) is 10.2 Å². The number of hydrogen-bond donors (Lipinski definition) is 1. The van der Waals surface area contributed by atoms with Gasteiger partial charge in [-0.1, -0.05) is 18.2 Å². The van der Waals surface area contributed by atoms with Crippen LogP contribution in [0.5, 0.6) is 0 Å². The first kappa shape index (κ1) is 28.4. The third kappa shape index (κ3) is 5.88. The Morgan fingerprint density at radius 1 is 1.03 bits per heavy atom. The van der Waals surface area contributed by atoms with E-state index in [1.165, 1.54) is 31.2 Å². The van der Waals surface area contributed by atoms with E-state index in [0.717, 1.165) is 17.0 Å². The van der Waals surface area contributed by atoms with Gasteiger partial charge in [0.15, 0.2) is 0 Å². The van der Waals surface area contributed by atoms with E-state index in [9.17, 15) is 28.0 Å². The largest absolute Gasteiger partial charge is 0.462 e. The molecule has 1 aliphatic rings. The highest BCUT2D eigenvalue weighted by Gasteiger charge is 2.48. The SMILES string of the molecule is CC1=C(C(=O)OC(C)C)C(c2ccc(C#N)cc2)C(C(=O)OC(C)C)C(=N)N1c1cccc(C(F)(F)F)c1. The molecule has 2 unspecified atom stereocenters. The van der Waals surface area contributed by atoms with Crippen LogP contribution in [0.25, 0.3) is 0 Å². The molecule has 0 radical (unpaired) electrons. The number of benzene rings is 2. The summed E-state index contributed by atoms with van der Waals surface area (Å²) in [6, 6.07) is 12.5. The summed E-state index contributed by atoms with van der Waals surface area (Å²) in [6.45, 7) is 8.03. The van der Waals surface area contributed by atoms with Gasteiger partial charge in [-0.15, -0.1) is 0 Å². The van der Waals surface area contributed by atoms with Gasteiger partial charge in [-0.2, -0.15) is 18.4 Å². The zero-order valence-corrected chi connectivity index (χ0v) is 21.6. The molecular formula is C28H28F3N3O4. The minimum atomic E-state index is -4.65. The van der Waals surface area contributed by atoms with Crippen molar-refractivity contribution >= 4 is 23.5 Å². The predicted octanol–water partition coefficient (Wildman–Crippen LogP) is 5.95. The van der Waals surface area contributed by atoms with Gasteiger partial charge in [0.2, 0.25) is 0 Å². The molecule has 38 heavy (non-hydrogen) atoms. The molecule has 1 N–H and O–H groups in total. The van der Waals surface area contributed by atoms with Crippen LogP contribution in [0, 0.1) is 22.7 Å². The Kier molecular flexibility index (Phi) is 8.30. The number of anilines is 1. The van der Waals surface area contributed by atoms with Crippen LogP contribution in [-0.2, 0) is 25.2 Å². The third-order valence-corrected chi connectivity index (χ3v) is 5.90. The fraction of sp³-hybridized carbons (Fsp3) is 0.357. The van der Waals surface area contributed by atoms with Crippen molar-refractivity contribution in [2.45, 2.75) is 58.9 Å². The third-order valence-electron chi connectivity index (χ3n) is 5.90. The molecule has 2 aromatic carbocycles. The van der Waals surface area contributed by atoms with E-state index in [1.54, 1.807) is 39.8 Å². The van der Waals surface area contributed by atoms with E-state index in [2.05, 4.69) is 0 Å². The van der Waals surface area contributed by atoms with Crippen LogP contribution in [0.15, 0.2) is 59.8 Å². The molecule has 0 spiro atoms. The number of alkyl halides is 3. The van der Waals surface area contributed by atoms with Crippen LogP contribution >= 0.6 is 0 Å². The number of nitriles is 1. The Balaban J connectivity index is 2.33. The lowest BCUT2D eigenvalue weighted by Crippen LogP contribution is -2.48. The number of carbonyl (C=O) groups excluding carboxylic acids is 2. The number of halogens is 3. The van der Waals surface area contributed by atoms with Crippen molar-refractivity contribution in [3.63, 3.8) is 0 Å². The molecule has 10 heteroatoms. The lowest BCUT2D eigenvalue weighted by atomic mass is 9.75. The maximum Gasteiger partial charge on any atom is 0.416 e. The summed E-state index contributed by atoms with van der Waals surface area (Å²) in [5.41, 5.74) is -0.0579. The van der Waals surface area contributed by atoms with Gasteiger partial charge in [0.1, 0.15) is 11.8 Å². The van der Waals surface area contributed by atoms with Crippen molar-refractivity contribution in [1.29, 1.82) is 10.7 Å². The second kappa shape index (κ2) is 11.1. The van der Waals surface area contributed by atoms with Crippen molar-refractivity contribution < 1.29 is 32.2 Å². The smallest absolute Gasteiger partial charge is 0.416 e. The first-order valence-electron chi connectivity index (χ1n) is 11.9. The van der Waals surface area contributed by atoms with Gasteiger partial charge in [-0.05, 0) is 70.5 Å². The first-order chi connectivity index (χ1) is 17.8. The molecule has 0 fully saturated rings. The summed E-state index contributed by atoms with van der Waals surface area (Å²) in [6.07, 6.45) is -5.74. The van der Waals surface area contributed by atoms with Crippen molar-refractivity contribution in [1.82, 2.24) is 0 Å². The summed E-state index contributed by atoms with van der Waals surface area (Å²) in [7, 11) is 0. The quantitative estimate of drug-likeness (QED) is 0.466. The molecule has 0 saturated carbocycles. The van der Waals surface area contributed by atoms with E-state index in [0.29, 0.717) is 11.1 Å². The molecule has 200 valence electrons. The number of rotatable bonds is 6. The summed E-state index contributed by atoms with van der Waals surface area (Å²) >= 11 is 0. The van der Waals surface area contributed by atoms with Crippen LogP contribution in [-0.4, -0.2) is 30.0 Å². The predicted molar refractivity (Wildman–Crippen MR) is 134 cm³/mol. The van der Waals surface area contributed by atoms with E-state index in [1.807, 2.05) is 6.07 Å². The lowest BCUT2D eigenvalue weighted by molar-refractivity contribution is -0.150. The number of ether oxygens (including phenoxy) is 2. The molecule has 0 saturated heterocycles. The summed E-state index contributed by atoms with van der Waals surface area (Å²) in [5.74, 6) is -4.40. The van der Waals surface area contributed by atoms with Gasteiger partial charge < -0.3 is 14.4 Å². The second-order valence-electron chi connectivity index (χ2n) is 9.40. The Morgan fingerprint density at radius 3 is 2.16 bits per heavy atom. The van der Waals surface area contributed by atoms with Gasteiger partial charge in [0.25, 0.3) is 0 Å². The van der Waals surface area contributed by atoms with Crippen molar-refractivity contribution in [2.75, 3.05) is 4.90 Å². The van der Waals surface area contributed by atoms with Crippen LogP contribution < -0.4 is 4.90 Å². The van der Waals surface area contributed by atoms with E-state index in [4.69, 9.17) is 14.9 Å². The molecule has 7 nitrogen and oxygen atoms in total. The van der Waals surface area contributed by atoms with E-state index >= 15 is 0 Å². The molecule has 0 aromatic heterocycles. The highest BCUT2D eigenvalue weighted by molar-refractivity contribution is 6.14. The van der Waals surface area contributed by atoms with Crippen LogP contribution in [0.3, 0.4) is 0 Å². The van der Waals surface area contributed by atoms with Gasteiger partial charge in [0.05, 0.1) is 35.0 Å². The summed E-state index contributed by atoms with van der Waals surface area (Å²) in [4.78, 5) is 28.0. The topological polar surface area (TPSA) is 103 Å². The summed E-state index contributed by atoms with van der Waals surface area (Å²) in [5, 5.41) is 18.2. The average molecular weight is 528 g/mol. The van der Waals surface area contributed by atoms with Gasteiger partial charge >= 0.3 is 18.1 Å². The zero-order valence-electron chi connectivity index (χ0n) is 21.6. The Bertz CT molecular complexity index is 1310. The fourth-order valence-corrected chi connectivity index (χ4v) is 4.37. The van der Waals surface area contributed by atoms with Crippen LogP contribution in [0.4, 0.5) is 18.9 Å². The minimum absolute atomic E-state index is 0.00234. The molecule has 2 aromatic rings. The number of nitrogens with one attached hydrogen (secondary N) is 1. The van der Waals surface area contributed by atoms with Crippen molar-refractivity contribution in [3.05, 3.63) is 76.5 Å². The number of amidine groups is 1. The number of allylic oxidation sites excluding steroid dienone is 1. The zero-order chi connectivity index (χ0) is 28.4.